The van der Waals surface area contributed by atoms with Crippen molar-refractivity contribution in [3.63, 3.8) is 0 Å². The summed E-state index contributed by atoms with van der Waals surface area (Å²) in [6.45, 7) is 3.09. The maximum Gasteiger partial charge on any atom is 0.242 e. The first-order chi connectivity index (χ1) is 9.35. The van der Waals surface area contributed by atoms with Gasteiger partial charge in [-0.3, -0.25) is 0 Å². The smallest absolute Gasteiger partial charge is 0.242 e. The molecule has 0 saturated heterocycles. The topological polar surface area (TPSA) is 90.2 Å². The third kappa shape index (κ3) is 3.15. The van der Waals surface area contributed by atoms with E-state index in [-0.39, 0.29) is 6.61 Å². The fraction of sp³-hybridized carbons (Fsp3) is 0.462. The van der Waals surface area contributed by atoms with Crippen LogP contribution in [-0.4, -0.2) is 25.7 Å². The van der Waals surface area contributed by atoms with Gasteiger partial charge < -0.3 is 5.11 Å². The monoisotopic (exact) mass is 300 g/mol. The Morgan fingerprint density at radius 2 is 2.00 bits per heavy atom. The Morgan fingerprint density at radius 3 is 2.45 bits per heavy atom. The van der Waals surface area contributed by atoms with Gasteiger partial charge in [0.1, 0.15) is 22.3 Å². The Balaban J connectivity index is 3.32. The Hall–Kier alpha value is -1.49. The largest absolute Gasteiger partial charge is 0.394 e. The fourth-order valence-corrected chi connectivity index (χ4v) is 3.53. The van der Waals surface area contributed by atoms with E-state index in [0.29, 0.717) is 12.8 Å². The first-order valence-corrected chi connectivity index (χ1v) is 7.67. The van der Waals surface area contributed by atoms with Crippen LogP contribution in [0.2, 0.25) is 0 Å². The lowest BCUT2D eigenvalue weighted by Gasteiger charge is -2.30. The highest BCUT2D eigenvalue weighted by atomic mass is 32.2. The maximum atomic E-state index is 13.5. The number of hydrogen-bond donors (Lipinski definition) is 2. The van der Waals surface area contributed by atoms with E-state index in [4.69, 9.17) is 5.26 Å². The SMILES string of the molecule is CCC(CC)(CO)NS(=O)(=O)c1cccc(F)c1C#N. The van der Waals surface area contributed by atoms with E-state index < -0.39 is 31.8 Å². The van der Waals surface area contributed by atoms with Crippen LogP contribution >= 0.6 is 0 Å². The van der Waals surface area contributed by atoms with Crippen molar-refractivity contribution in [2.24, 2.45) is 0 Å². The summed E-state index contributed by atoms with van der Waals surface area (Å²) in [5.74, 6) is -0.891. The number of halogens is 1. The highest BCUT2D eigenvalue weighted by Crippen LogP contribution is 2.22. The van der Waals surface area contributed by atoms with Crippen molar-refractivity contribution < 1.29 is 17.9 Å². The van der Waals surface area contributed by atoms with Crippen LogP contribution < -0.4 is 4.72 Å². The summed E-state index contributed by atoms with van der Waals surface area (Å²) in [5.41, 5.74) is -1.54. The van der Waals surface area contributed by atoms with Crippen LogP contribution in [0.25, 0.3) is 0 Å². The van der Waals surface area contributed by atoms with Crippen molar-refractivity contribution in [1.29, 1.82) is 5.26 Å². The molecule has 0 unspecified atom stereocenters. The van der Waals surface area contributed by atoms with Crippen LogP contribution in [0, 0.1) is 17.1 Å². The molecule has 0 amide bonds. The summed E-state index contributed by atoms with van der Waals surface area (Å²) in [6, 6.07) is 4.97. The summed E-state index contributed by atoms with van der Waals surface area (Å²) in [6.07, 6.45) is 0.743. The Labute approximate surface area is 118 Å². The van der Waals surface area contributed by atoms with Gasteiger partial charge in [0.25, 0.3) is 0 Å². The molecule has 1 aromatic carbocycles. The zero-order chi connectivity index (χ0) is 15.4. The van der Waals surface area contributed by atoms with Crippen molar-refractivity contribution in [3.05, 3.63) is 29.6 Å². The number of aliphatic hydroxyl groups is 1. The molecule has 2 N–H and O–H groups in total. The van der Waals surface area contributed by atoms with Gasteiger partial charge in [-0.1, -0.05) is 19.9 Å². The quantitative estimate of drug-likeness (QED) is 0.833. The predicted molar refractivity (Wildman–Crippen MR) is 71.8 cm³/mol. The second-order valence-electron chi connectivity index (χ2n) is 4.48. The second kappa shape index (κ2) is 6.31. The molecule has 0 aliphatic heterocycles. The number of benzene rings is 1. The highest BCUT2D eigenvalue weighted by Gasteiger charge is 2.33. The van der Waals surface area contributed by atoms with E-state index in [0.717, 1.165) is 12.1 Å². The molecule has 0 radical (unpaired) electrons. The lowest BCUT2D eigenvalue weighted by molar-refractivity contribution is 0.172. The maximum absolute atomic E-state index is 13.5. The second-order valence-corrected chi connectivity index (χ2v) is 6.13. The average molecular weight is 300 g/mol. The molecule has 0 fully saturated rings. The molecule has 110 valence electrons. The summed E-state index contributed by atoms with van der Waals surface area (Å²) in [4.78, 5) is -0.417. The van der Waals surface area contributed by atoms with E-state index >= 15 is 0 Å². The number of sulfonamides is 1. The van der Waals surface area contributed by atoms with E-state index in [1.165, 1.54) is 6.07 Å². The van der Waals surface area contributed by atoms with Crippen LogP contribution in [0.1, 0.15) is 32.3 Å². The van der Waals surface area contributed by atoms with Gasteiger partial charge in [-0.25, -0.2) is 17.5 Å². The lowest BCUT2D eigenvalue weighted by Crippen LogP contribution is -2.50. The van der Waals surface area contributed by atoms with Gasteiger partial charge in [0.15, 0.2) is 0 Å². The minimum absolute atomic E-state index is 0.371. The zero-order valence-corrected chi connectivity index (χ0v) is 12.2. The molecule has 0 atom stereocenters. The van der Waals surface area contributed by atoms with Gasteiger partial charge in [0.05, 0.1) is 12.1 Å². The average Bonchev–Trinajstić information content (AvgIpc) is 2.44. The first kappa shape index (κ1) is 16.6. The van der Waals surface area contributed by atoms with Gasteiger partial charge in [-0.2, -0.15) is 5.26 Å². The van der Waals surface area contributed by atoms with Gasteiger partial charge in [-0.15, -0.1) is 0 Å². The normalized spacial score (nSPS) is 12.2. The Kier molecular flexibility index (Phi) is 5.22. The molecule has 5 nitrogen and oxygen atoms in total. The zero-order valence-electron chi connectivity index (χ0n) is 11.4. The number of nitrogens with one attached hydrogen (secondary N) is 1. The molecule has 0 aliphatic rings. The molecule has 0 aromatic heterocycles. The Morgan fingerprint density at radius 1 is 1.40 bits per heavy atom. The molecule has 0 heterocycles. The molecule has 0 bridgehead atoms. The van der Waals surface area contributed by atoms with Crippen molar-refractivity contribution in [3.8, 4) is 6.07 Å². The van der Waals surface area contributed by atoms with Crippen molar-refractivity contribution >= 4 is 10.0 Å². The first-order valence-electron chi connectivity index (χ1n) is 6.19. The van der Waals surface area contributed by atoms with E-state index in [9.17, 15) is 17.9 Å². The van der Waals surface area contributed by atoms with Gasteiger partial charge in [0, 0.05) is 0 Å². The van der Waals surface area contributed by atoms with Gasteiger partial charge >= 0.3 is 0 Å². The Bertz CT molecular complexity index is 611. The number of nitrogens with zero attached hydrogens (tertiary/aromatic N) is 1. The van der Waals surface area contributed by atoms with Gasteiger partial charge in [-0.05, 0) is 25.0 Å². The molecule has 0 aliphatic carbocycles. The molecular formula is C13H17FN2O3S. The van der Waals surface area contributed by atoms with Crippen LogP contribution in [0.5, 0.6) is 0 Å². The summed E-state index contributed by atoms with van der Waals surface area (Å²) in [5, 5.41) is 18.3. The minimum atomic E-state index is -4.09. The predicted octanol–water partition coefficient (Wildman–Crippen LogP) is 1.53. The fourth-order valence-electron chi connectivity index (χ4n) is 1.83. The molecule has 0 spiro atoms. The number of hydrogen-bond acceptors (Lipinski definition) is 4. The van der Waals surface area contributed by atoms with Crippen LogP contribution in [-0.2, 0) is 10.0 Å². The number of nitriles is 1. The summed E-state index contributed by atoms with van der Waals surface area (Å²) >= 11 is 0. The number of aliphatic hydroxyl groups excluding tert-OH is 1. The molecule has 7 heteroatoms. The van der Waals surface area contributed by atoms with Crippen LogP contribution in [0.15, 0.2) is 23.1 Å². The third-order valence-corrected chi connectivity index (χ3v) is 5.00. The highest BCUT2D eigenvalue weighted by molar-refractivity contribution is 7.89. The standard InChI is InChI=1S/C13H17FN2O3S/c1-3-13(4-2,9-17)16-20(18,19)12-7-5-6-11(14)10(12)8-15/h5-7,16-17H,3-4,9H2,1-2H3. The molecule has 0 saturated carbocycles. The van der Waals surface area contributed by atoms with Crippen molar-refractivity contribution in [2.45, 2.75) is 37.1 Å². The van der Waals surface area contributed by atoms with E-state index in [1.807, 2.05) is 0 Å². The summed E-state index contributed by atoms with van der Waals surface area (Å²) < 4.78 is 40.5. The molecule has 20 heavy (non-hydrogen) atoms. The number of rotatable bonds is 6. The van der Waals surface area contributed by atoms with Crippen molar-refractivity contribution in [2.75, 3.05) is 6.61 Å². The van der Waals surface area contributed by atoms with Crippen molar-refractivity contribution in [1.82, 2.24) is 4.72 Å². The van der Waals surface area contributed by atoms with Crippen LogP contribution in [0.3, 0.4) is 0 Å². The van der Waals surface area contributed by atoms with E-state index in [1.54, 1.807) is 19.9 Å². The molecule has 1 aromatic rings. The van der Waals surface area contributed by atoms with Crippen LogP contribution in [0.4, 0.5) is 4.39 Å². The molecule has 1 rings (SSSR count). The summed E-state index contributed by atoms with van der Waals surface area (Å²) in [7, 11) is -4.09. The van der Waals surface area contributed by atoms with Gasteiger partial charge in [0.2, 0.25) is 10.0 Å². The van der Waals surface area contributed by atoms with E-state index in [2.05, 4.69) is 4.72 Å². The third-order valence-electron chi connectivity index (χ3n) is 3.38. The molecular weight excluding hydrogens is 283 g/mol. The minimum Gasteiger partial charge on any atom is -0.394 e. The lowest BCUT2D eigenvalue weighted by atomic mass is 9.96.